The topological polar surface area (TPSA) is 82.1 Å². The van der Waals surface area contributed by atoms with Crippen molar-refractivity contribution in [1.82, 2.24) is 4.90 Å². The third-order valence-electron chi connectivity index (χ3n) is 7.53. The van der Waals surface area contributed by atoms with Crippen LogP contribution in [0.15, 0.2) is 77.7 Å². The lowest BCUT2D eigenvalue weighted by Gasteiger charge is -2.25. The molecule has 7 nitrogen and oxygen atoms in total. The fourth-order valence-corrected chi connectivity index (χ4v) is 5.60. The van der Waals surface area contributed by atoms with Gasteiger partial charge in [0.1, 0.15) is 11.5 Å². The molecule has 0 saturated carbocycles. The predicted molar refractivity (Wildman–Crippen MR) is 164 cm³/mol. The van der Waals surface area contributed by atoms with Crippen LogP contribution < -0.4 is 9.47 Å². The fraction of sp³-hybridized carbons (Fsp3) is 0.382. The van der Waals surface area contributed by atoms with Gasteiger partial charge in [-0.3, -0.25) is 4.79 Å². The first-order chi connectivity index (χ1) is 20.1. The van der Waals surface area contributed by atoms with Gasteiger partial charge in [0, 0.05) is 29.5 Å². The van der Waals surface area contributed by atoms with E-state index in [0.717, 1.165) is 28.9 Å². The first kappa shape index (κ1) is 31.2. The molecule has 0 aliphatic carbocycles. The number of esters is 1. The molecule has 0 bridgehead atoms. The number of rotatable bonds is 11. The number of ketones is 1. The van der Waals surface area contributed by atoms with Crippen LogP contribution in [0.2, 0.25) is 0 Å². The fourth-order valence-electron chi connectivity index (χ4n) is 5.19. The molecule has 4 rings (SSSR count). The number of carbonyl (C=O) groups excluding carboxylic acids is 3. The van der Waals surface area contributed by atoms with Crippen LogP contribution in [0, 0.1) is 18.8 Å². The Kier molecular flexibility index (Phi) is 10.3. The summed E-state index contributed by atoms with van der Waals surface area (Å²) in [7, 11) is 0. The number of amides is 1. The number of hydrogen-bond acceptors (Lipinski definition) is 7. The highest BCUT2D eigenvalue weighted by molar-refractivity contribution is 7.98. The number of Topliss-reactive ketones (excluding diaryl/α,β-unsaturated/α-hetero) is 1. The summed E-state index contributed by atoms with van der Waals surface area (Å²) in [5.74, 6) is 0.370. The zero-order chi connectivity index (χ0) is 30.3. The van der Waals surface area contributed by atoms with Gasteiger partial charge in [0.25, 0.3) is 0 Å². The van der Waals surface area contributed by atoms with Gasteiger partial charge in [-0.1, -0.05) is 42.5 Å². The van der Waals surface area contributed by atoms with Gasteiger partial charge in [-0.15, -0.1) is 11.8 Å². The highest BCUT2D eigenvalue weighted by Gasteiger charge is 2.40. The summed E-state index contributed by atoms with van der Waals surface area (Å²) in [5, 5.41) is 0. The molecule has 2 atom stereocenters. The van der Waals surface area contributed by atoms with E-state index < -0.39 is 17.7 Å². The molecule has 0 N–H and O–H groups in total. The molecule has 8 heteroatoms. The number of benzene rings is 3. The monoisotopic (exact) mass is 589 g/mol. The Morgan fingerprint density at radius 3 is 2.33 bits per heavy atom. The number of ether oxygens (including phenoxy) is 3. The molecule has 1 saturated heterocycles. The number of aryl methyl sites for hydroxylation is 2. The lowest BCUT2D eigenvalue weighted by atomic mass is 9.84. The van der Waals surface area contributed by atoms with Crippen LogP contribution >= 0.6 is 11.8 Å². The molecule has 42 heavy (non-hydrogen) atoms. The Balaban J connectivity index is 1.47. The molecule has 1 heterocycles. The largest absolute Gasteiger partial charge is 0.476 e. The summed E-state index contributed by atoms with van der Waals surface area (Å²) in [6.07, 6.45) is 3.01. The summed E-state index contributed by atoms with van der Waals surface area (Å²) in [6, 6.07) is 22.5. The summed E-state index contributed by atoms with van der Waals surface area (Å²) in [4.78, 5) is 41.8. The van der Waals surface area contributed by atoms with Gasteiger partial charge in [-0.2, -0.15) is 0 Å². The van der Waals surface area contributed by atoms with Crippen molar-refractivity contribution in [3.05, 3.63) is 89.5 Å². The Hall–Kier alpha value is -3.78. The number of thioether (sulfide) groups is 1. The Bertz CT molecular complexity index is 1390. The van der Waals surface area contributed by atoms with Crippen molar-refractivity contribution in [2.45, 2.75) is 51.0 Å². The molecule has 3 aromatic rings. The standard InChI is InChI=1S/C34H39NO6S/c1-6-39-32(37)34(3,4)41-30-19-13-24(20-23(30)2)12-14-26-21-35(33(38)40-27-10-8-7-9-11-27)22-29(26)31(36)25-15-17-28(42-5)18-16-25/h7-11,13,15-20,26,29H,6,12,14,21-22H2,1-5H3/t26-,29?/m0/s1. The molecule has 1 fully saturated rings. The zero-order valence-corrected chi connectivity index (χ0v) is 25.7. The van der Waals surface area contributed by atoms with Crippen LogP contribution in [-0.2, 0) is 16.0 Å². The maximum Gasteiger partial charge on any atom is 0.415 e. The van der Waals surface area contributed by atoms with Gasteiger partial charge < -0.3 is 19.1 Å². The van der Waals surface area contributed by atoms with E-state index in [1.165, 1.54) is 0 Å². The van der Waals surface area contributed by atoms with Crippen molar-refractivity contribution in [2.24, 2.45) is 11.8 Å². The Morgan fingerprint density at radius 2 is 1.69 bits per heavy atom. The summed E-state index contributed by atoms with van der Waals surface area (Å²) < 4.78 is 16.7. The summed E-state index contributed by atoms with van der Waals surface area (Å²) in [5.41, 5.74) is 1.55. The van der Waals surface area contributed by atoms with E-state index in [1.54, 1.807) is 49.6 Å². The maximum atomic E-state index is 13.7. The lowest BCUT2D eigenvalue weighted by Crippen LogP contribution is -2.39. The van der Waals surface area contributed by atoms with Crippen LogP contribution in [0.4, 0.5) is 4.79 Å². The minimum absolute atomic E-state index is 0.0277. The number of para-hydroxylation sites is 1. The minimum atomic E-state index is -1.11. The average Bonchev–Trinajstić information content (AvgIpc) is 3.42. The molecular formula is C34H39NO6S. The van der Waals surface area contributed by atoms with Gasteiger partial charge in [0.15, 0.2) is 11.4 Å². The van der Waals surface area contributed by atoms with E-state index >= 15 is 0 Å². The molecule has 3 aromatic carbocycles. The number of likely N-dealkylation sites (tertiary alicyclic amines) is 1. The Morgan fingerprint density at radius 1 is 0.976 bits per heavy atom. The van der Waals surface area contributed by atoms with E-state index in [-0.39, 0.29) is 17.6 Å². The van der Waals surface area contributed by atoms with Crippen LogP contribution in [0.5, 0.6) is 11.5 Å². The average molecular weight is 590 g/mol. The quantitative estimate of drug-likeness (QED) is 0.135. The second kappa shape index (κ2) is 13.9. The van der Waals surface area contributed by atoms with Crippen molar-refractivity contribution in [3.8, 4) is 11.5 Å². The van der Waals surface area contributed by atoms with Gasteiger partial charge in [0.05, 0.1) is 6.61 Å². The minimum Gasteiger partial charge on any atom is -0.476 e. The third-order valence-corrected chi connectivity index (χ3v) is 8.28. The highest BCUT2D eigenvalue weighted by atomic mass is 32.2. The van der Waals surface area contributed by atoms with Crippen molar-refractivity contribution < 1.29 is 28.6 Å². The molecule has 1 aliphatic heterocycles. The van der Waals surface area contributed by atoms with Crippen LogP contribution in [0.3, 0.4) is 0 Å². The van der Waals surface area contributed by atoms with Crippen molar-refractivity contribution in [1.29, 1.82) is 0 Å². The molecule has 1 unspecified atom stereocenters. The van der Waals surface area contributed by atoms with E-state index in [1.807, 2.05) is 73.8 Å². The van der Waals surface area contributed by atoms with Gasteiger partial charge >= 0.3 is 12.1 Å². The molecule has 222 valence electrons. The Labute approximate surface area is 252 Å². The lowest BCUT2D eigenvalue weighted by molar-refractivity contribution is -0.158. The van der Waals surface area contributed by atoms with Crippen molar-refractivity contribution in [3.63, 3.8) is 0 Å². The van der Waals surface area contributed by atoms with Gasteiger partial charge in [-0.05, 0) is 94.2 Å². The number of carbonyl (C=O) groups is 3. The maximum absolute atomic E-state index is 13.7. The van der Waals surface area contributed by atoms with E-state index in [0.29, 0.717) is 36.8 Å². The first-order valence-electron chi connectivity index (χ1n) is 14.3. The predicted octanol–water partition coefficient (Wildman–Crippen LogP) is 7.00. The van der Waals surface area contributed by atoms with Crippen LogP contribution in [0.1, 0.15) is 48.7 Å². The van der Waals surface area contributed by atoms with Crippen molar-refractivity contribution in [2.75, 3.05) is 26.0 Å². The molecule has 1 amide bonds. The van der Waals surface area contributed by atoms with Crippen LogP contribution in [0.25, 0.3) is 0 Å². The van der Waals surface area contributed by atoms with E-state index in [2.05, 4.69) is 0 Å². The number of hydrogen-bond donors (Lipinski definition) is 0. The van der Waals surface area contributed by atoms with Gasteiger partial charge in [-0.25, -0.2) is 9.59 Å². The van der Waals surface area contributed by atoms with E-state index in [4.69, 9.17) is 14.2 Å². The third kappa shape index (κ3) is 7.73. The molecule has 0 radical (unpaired) electrons. The second-order valence-electron chi connectivity index (χ2n) is 11.0. The summed E-state index contributed by atoms with van der Waals surface area (Å²) >= 11 is 1.63. The van der Waals surface area contributed by atoms with Crippen LogP contribution in [-0.4, -0.2) is 54.3 Å². The van der Waals surface area contributed by atoms with E-state index in [9.17, 15) is 14.4 Å². The summed E-state index contributed by atoms with van der Waals surface area (Å²) in [6.45, 7) is 8.15. The second-order valence-corrected chi connectivity index (χ2v) is 11.9. The normalized spacial score (nSPS) is 16.6. The number of nitrogens with zero attached hydrogens (tertiary/aromatic N) is 1. The smallest absolute Gasteiger partial charge is 0.415 e. The zero-order valence-electron chi connectivity index (χ0n) is 24.9. The molecule has 0 spiro atoms. The molecular weight excluding hydrogens is 550 g/mol. The molecule has 1 aliphatic rings. The molecule has 0 aromatic heterocycles. The van der Waals surface area contributed by atoms with Gasteiger partial charge in [0.2, 0.25) is 0 Å². The highest BCUT2D eigenvalue weighted by Crippen LogP contribution is 2.33. The van der Waals surface area contributed by atoms with Crippen molar-refractivity contribution >= 4 is 29.6 Å². The SMILES string of the molecule is CCOC(=O)C(C)(C)Oc1ccc(CC[C@H]2CN(C(=O)Oc3ccccc3)CC2C(=O)c2ccc(SC)cc2)cc1C. The first-order valence-corrected chi connectivity index (χ1v) is 15.5.